The van der Waals surface area contributed by atoms with Crippen molar-refractivity contribution in [3.63, 3.8) is 0 Å². The van der Waals surface area contributed by atoms with Crippen LogP contribution in [0, 0.1) is 0 Å². The minimum atomic E-state index is -0.426. The molecule has 0 amide bonds. The number of aromatic nitrogens is 1. The number of hydrogen-bond donors (Lipinski definition) is 0. The lowest BCUT2D eigenvalue weighted by Crippen LogP contribution is -2.21. The van der Waals surface area contributed by atoms with Crippen molar-refractivity contribution >= 4 is 5.97 Å². The van der Waals surface area contributed by atoms with Crippen molar-refractivity contribution in [2.24, 2.45) is 0 Å². The van der Waals surface area contributed by atoms with Crippen molar-refractivity contribution in [3.05, 3.63) is 83.6 Å². The van der Waals surface area contributed by atoms with Crippen LogP contribution in [0.25, 0.3) is 11.3 Å². The van der Waals surface area contributed by atoms with Gasteiger partial charge in [0.15, 0.2) is 6.29 Å². The molecule has 0 radical (unpaired) electrons. The molecular formula is C24H27NO4. The predicted molar refractivity (Wildman–Crippen MR) is 113 cm³/mol. The van der Waals surface area contributed by atoms with E-state index < -0.39 is 6.29 Å². The molecule has 0 spiro atoms. The van der Waals surface area contributed by atoms with Crippen molar-refractivity contribution in [1.29, 1.82) is 0 Å². The molecule has 0 saturated carbocycles. The highest BCUT2D eigenvalue weighted by atomic mass is 16.7. The van der Waals surface area contributed by atoms with Gasteiger partial charge in [0.1, 0.15) is 0 Å². The number of carbonyl (C=O) groups excluding carboxylic acids is 1. The van der Waals surface area contributed by atoms with Crippen molar-refractivity contribution in [2.45, 2.75) is 26.2 Å². The molecular weight excluding hydrogens is 366 g/mol. The third-order valence-corrected chi connectivity index (χ3v) is 4.79. The summed E-state index contributed by atoms with van der Waals surface area (Å²) in [6.07, 6.45) is 2.21. The molecule has 3 rings (SSSR count). The highest BCUT2D eigenvalue weighted by Gasteiger charge is 2.25. The summed E-state index contributed by atoms with van der Waals surface area (Å²) < 4.78 is 18.3. The van der Waals surface area contributed by atoms with Gasteiger partial charge in [0.2, 0.25) is 0 Å². The number of benzene rings is 2. The zero-order valence-corrected chi connectivity index (χ0v) is 17.1. The van der Waals surface area contributed by atoms with Gasteiger partial charge in [0.25, 0.3) is 0 Å². The normalized spacial score (nSPS) is 11.0. The number of nitrogens with zero attached hydrogens (tertiary/aromatic N) is 1. The lowest BCUT2D eigenvalue weighted by molar-refractivity contribution is -0.110. The zero-order chi connectivity index (χ0) is 20.6. The van der Waals surface area contributed by atoms with Gasteiger partial charge in [0, 0.05) is 20.4 Å². The number of methoxy groups -OCH3 is 2. The Morgan fingerprint density at radius 1 is 0.966 bits per heavy atom. The van der Waals surface area contributed by atoms with Crippen LogP contribution >= 0.6 is 0 Å². The molecule has 0 aliphatic heterocycles. The Balaban J connectivity index is 2.16. The fraction of sp³-hybridized carbons (Fsp3) is 0.292. The third-order valence-electron chi connectivity index (χ3n) is 4.79. The van der Waals surface area contributed by atoms with Crippen LogP contribution in [0.3, 0.4) is 0 Å². The van der Waals surface area contributed by atoms with E-state index in [0.29, 0.717) is 25.1 Å². The Morgan fingerprint density at radius 3 is 2.17 bits per heavy atom. The minimum absolute atomic E-state index is 0.317. The second-order valence-corrected chi connectivity index (χ2v) is 6.68. The fourth-order valence-corrected chi connectivity index (χ4v) is 3.45. The maximum Gasteiger partial charge on any atom is 0.340 e. The Kier molecular flexibility index (Phi) is 7.22. The lowest BCUT2D eigenvalue weighted by atomic mass is 10.00. The topological polar surface area (TPSA) is 49.7 Å². The maximum atomic E-state index is 13.0. The molecule has 0 saturated heterocycles. The van der Waals surface area contributed by atoms with E-state index in [-0.39, 0.29) is 5.97 Å². The quantitative estimate of drug-likeness (QED) is 0.396. The van der Waals surface area contributed by atoms with E-state index in [1.807, 2.05) is 66.2 Å². The number of carbonyl (C=O) groups is 1. The van der Waals surface area contributed by atoms with Crippen LogP contribution in [0.1, 0.15) is 28.4 Å². The van der Waals surface area contributed by atoms with E-state index >= 15 is 0 Å². The lowest BCUT2D eigenvalue weighted by Gasteiger charge is -2.17. The van der Waals surface area contributed by atoms with E-state index in [2.05, 4.69) is 12.1 Å². The molecule has 5 heteroatoms. The van der Waals surface area contributed by atoms with Gasteiger partial charge >= 0.3 is 5.97 Å². The van der Waals surface area contributed by atoms with Crippen molar-refractivity contribution < 1.29 is 19.0 Å². The first kappa shape index (κ1) is 20.8. The molecule has 2 aromatic carbocycles. The summed E-state index contributed by atoms with van der Waals surface area (Å²) in [4.78, 5) is 13.0. The molecule has 0 N–H and O–H groups in total. The van der Waals surface area contributed by atoms with Crippen LogP contribution in [0.5, 0.6) is 0 Å². The molecule has 0 atom stereocenters. The third kappa shape index (κ3) is 4.94. The summed E-state index contributed by atoms with van der Waals surface area (Å²) >= 11 is 0. The van der Waals surface area contributed by atoms with Gasteiger partial charge in [-0.2, -0.15) is 0 Å². The fourth-order valence-electron chi connectivity index (χ4n) is 3.45. The van der Waals surface area contributed by atoms with Gasteiger partial charge in [-0.1, -0.05) is 60.7 Å². The number of hydrogen-bond acceptors (Lipinski definition) is 4. The first-order valence-corrected chi connectivity index (χ1v) is 9.72. The molecule has 1 aromatic heterocycles. The first-order valence-electron chi connectivity index (χ1n) is 9.72. The SMILES string of the molecule is CCOC(=O)c1c(Cc2ccccc2)cn(CC(OC)OC)c1-c1ccccc1. The smallest absolute Gasteiger partial charge is 0.340 e. The van der Waals surface area contributed by atoms with E-state index in [0.717, 1.165) is 22.4 Å². The second-order valence-electron chi connectivity index (χ2n) is 6.68. The van der Waals surface area contributed by atoms with Crippen molar-refractivity contribution in [2.75, 3.05) is 20.8 Å². The molecule has 0 aliphatic carbocycles. The van der Waals surface area contributed by atoms with E-state index in [1.54, 1.807) is 14.2 Å². The summed E-state index contributed by atoms with van der Waals surface area (Å²) in [6, 6.07) is 20.0. The van der Waals surface area contributed by atoms with Crippen LogP contribution in [0.4, 0.5) is 0 Å². The van der Waals surface area contributed by atoms with Crippen LogP contribution in [0.2, 0.25) is 0 Å². The molecule has 1 heterocycles. The molecule has 0 bridgehead atoms. The van der Waals surface area contributed by atoms with Gasteiger partial charge in [-0.25, -0.2) is 4.79 Å². The number of ether oxygens (including phenoxy) is 3. The highest BCUT2D eigenvalue weighted by Crippen LogP contribution is 2.31. The Morgan fingerprint density at radius 2 is 1.59 bits per heavy atom. The Bertz CT molecular complexity index is 915. The summed E-state index contributed by atoms with van der Waals surface area (Å²) in [6.45, 7) is 2.60. The molecule has 5 nitrogen and oxygen atoms in total. The Labute approximate surface area is 171 Å². The first-order chi connectivity index (χ1) is 14.2. The van der Waals surface area contributed by atoms with Crippen LogP contribution in [-0.2, 0) is 27.2 Å². The Hall–Kier alpha value is -2.89. The average molecular weight is 393 g/mol. The average Bonchev–Trinajstić information content (AvgIpc) is 3.11. The second kappa shape index (κ2) is 10.0. The highest BCUT2D eigenvalue weighted by molar-refractivity contribution is 5.98. The van der Waals surface area contributed by atoms with Crippen molar-refractivity contribution in [3.8, 4) is 11.3 Å². The zero-order valence-electron chi connectivity index (χ0n) is 17.1. The molecule has 152 valence electrons. The van der Waals surface area contributed by atoms with E-state index in [9.17, 15) is 4.79 Å². The largest absolute Gasteiger partial charge is 0.462 e. The van der Waals surface area contributed by atoms with Gasteiger partial charge in [-0.05, 0) is 30.0 Å². The van der Waals surface area contributed by atoms with Gasteiger partial charge < -0.3 is 18.8 Å². The minimum Gasteiger partial charge on any atom is -0.462 e. The van der Waals surface area contributed by atoms with Crippen LogP contribution in [-0.4, -0.2) is 37.7 Å². The molecule has 29 heavy (non-hydrogen) atoms. The monoisotopic (exact) mass is 393 g/mol. The molecule has 0 fully saturated rings. The van der Waals surface area contributed by atoms with Crippen LogP contribution in [0.15, 0.2) is 66.9 Å². The summed E-state index contributed by atoms with van der Waals surface area (Å²) in [5, 5.41) is 0. The van der Waals surface area contributed by atoms with Crippen molar-refractivity contribution in [1.82, 2.24) is 4.57 Å². The van der Waals surface area contributed by atoms with E-state index in [4.69, 9.17) is 14.2 Å². The van der Waals surface area contributed by atoms with Crippen LogP contribution < -0.4 is 0 Å². The van der Waals surface area contributed by atoms with E-state index in [1.165, 1.54) is 0 Å². The summed E-state index contributed by atoms with van der Waals surface area (Å²) in [5.74, 6) is -0.317. The predicted octanol–water partition coefficient (Wildman–Crippen LogP) is 4.54. The summed E-state index contributed by atoms with van der Waals surface area (Å²) in [7, 11) is 3.22. The van der Waals surface area contributed by atoms with Gasteiger partial charge in [-0.3, -0.25) is 0 Å². The summed E-state index contributed by atoms with van der Waals surface area (Å²) in [5.41, 5.74) is 4.40. The standard InChI is InChI=1S/C24H27NO4/c1-4-29-24(26)22-20(15-18-11-7-5-8-12-18)16-25(17-21(27-2)28-3)23(22)19-13-9-6-10-14-19/h5-14,16,21H,4,15,17H2,1-3H3. The molecule has 0 unspecified atom stereocenters. The van der Waals surface area contributed by atoms with Gasteiger partial charge in [-0.15, -0.1) is 0 Å². The number of rotatable bonds is 9. The van der Waals surface area contributed by atoms with Gasteiger partial charge in [0.05, 0.1) is 24.4 Å². The maximum absolute atomic E-state index is 13.0. The molecule has 3 aromatic rings. The molecule has 0 aliphatic rings. The number of esters is 1.